The van der Waals surface area contributed by atoms with Crippen molar-refractivity contribution in [2.45, 2.75) is 38.7 Å². The van der Waals surface area contributed by atoms with E-state index in [-0.39, 0.29) is 29.4 Å². The van der Waals surface area contributed by atoms with E-state index in [2.05, 4.69) is 48.7 Å². The first-order chi connectivity index (χ1) is 11.8. The lowest BCUT2D eigenvalue weighted by atomic mass is 9.85. The molecule has 2 rings (SSSR count). The van der Waals surface area contributed by atoms with E-state index in [4.69, 9.17) is 4.99 Å². The molecule has 0 amide bonds. The predicted molar refractivity (Wildman–Crippen MR) is 123 cm³/mol. The molecule has 0 saturated heterocycles. The Bertz CT molecular complexity index is 670. The van der Waals surface area contributed by atoms with E-state index in [1.54, 1.807) is 11.3 Å². The number of aliphatic hydroxyl groups is 1. The van der Waals surface area contributed by atoms with Gasteiger partial charge in [0.25, 0.3) is 0 Å². The number of rotatable bonds is 7. The zero-order valence-electron chi connectivity index (χ0n) is 16.0. The topological polar surface area (TPSA) is 56.7 Å². The molecule has 1 aromatic carbocycles. The quantitative estimate of drug-likeness (QED) is 0.313. The number of hydrogen-bond acceptors (Lipinski definition) is 3. The van der Waals surface area contributed by atoms with Gasteiger partial charge >= 0.3 is 0 Å². The van der Waals surface area contributed by atoms with Crippen molar-refractivity contribution in [1.82, 2.24) is 10.6 Å². The van der Waals surface area contributed by atoms with Gasteiger partial charge < -0.3 is 15.7 Å². The van der Waals surface area contributed by atoms with Crippen molar-refractivity contribution in [3.8, 4) is 0 Å². The summed E-state index contributed by atoms with van der Waals surface area (Å²) in [5.41, 5.74) is 1.20. The van der Waals surface area contributed by atoms with Crippen molar-refractivity contribution in [3.63, 3.8) is 0 Å². The highest BCUT2D eigenvalue weighted by atomic mass is 127. The van der Waals surface area contributed by atoms with Crippen molar-refractivity contribution in [2.75, 3.05) is 19.6 Å². The molecule has 1 atom stereocenters. The van der Waals surface area contributed by atoms with E-state index in [9.17, 15) is 5.11 Å². The molecular formula is C20H30IN3OS. The Morgan fingerprint density at radius 2 is 1.77 bits per heavy atom. The molecule has 6 heteroatoms. The van der Waals surface area contributed by atoms with E-state index in [1.807, 2.05) is 36.7 Å². The molecular weight excluding hydrogens is 457 g/mol. The fraction of sp³-hybridized carbons (Fsp3) is 0.450. The standard InChI is InChI=1S/C20H29N3OS.HI/c1-5-21-18(23-15-20(4,24)17-11-12-25-13-17)22-14-19(2,3)16-9-7-6-8-10-16;/h6-13,24H,5,14-15H2,1-4H3,(H2,21,22,23);1H. The number of benzene rings is 1. The largest absolute Gasteiger partial charge is 0.384 e. The van der Waals surface area contributed by atoms with Gasteiger partial charge in [-0.2, -0.15) is 11.3 Å². The summed E-state index contributed by atoms with van der Waals surface area (Å²) in [4.78, 5) is 4.73. The van der Waals surface area contributed by atoms with Crippen molar-refractivity contribution in [2.24, 2.45) is 4.99 Å². The second kappa shape index (κ2) is 10.3. The van der Waals surface area contributed by atoms with Gasteiger partial charge in [0, 0.05) is 12.0 Å². The summed E-state index contributed by atoms with van der Waals surface area (Å²) >= 11 is 1.59. The molecule has 3 N–H and O–H groups in total. The molecule has 1 heterocycles. The van der Waals surface area contributed by atoms with Gasteiger partial charge in [-0.15, -0.1) is 24.0 Å². The minimum atomic E-state index is -0.925. The molecule has 26 heavy (non-hydrogen) atoms. The zero-order chi connectivity index (χ0) is 18.3. The summed E-state index contributed by atoms with van der Waals surface area (Å²) in [5.74, 6) is 0.724. The highest BCUT2D eigenvalue weighted by Gasteiger charge is 2.24. The molecule has 2 aromatic rings. The van der Waals surface area contributed by atoms with E-state index in [0.717, 1.165) is 18.1 Å². The van der Waals surface area contributed by atoms with Gasteiger partial charge in [-0.3, -0.25) is 4.99 Å². The van der Waals surface area contributed by atoms with E-state index in [1.165, 1.54) is 5.56 Å². The molecule has 144 valence electrons. The lowest BCUT2D eigenvalue weighted by Crippen LogP contribution is -2.45. The Hall–Kier alpha value is -1.12. The molecule has 0 aliphatic rings. The highest BCUT2D eigenvalue weighted by molar-refractivity contribution is 14.0. The van der Waals surface area contributed by atoms with Crippen LogP contribution in [0.1, 0.15) is 38.8 Å². The third-order valence-electron chi connectivity index (χ3n) is 4.28. The van der Waals surface area contributed by atoms with Crippen LogP contribution in [0.15, 0.2) is 52.2 Å². The van der Waals surface area contributed by atoms with Gasteiger partial charge in [-0.25, -0.2) is 0 Å². The molecule has 0 bridgehead atoms. The Balaban J connectivity index is 0.00000338. The second-order valence-electron chi connectivity index (χ2n) is 7.08. The number of halogens is 1. The van der Waals surface area contributed by atoms with Gasteiger partial charge in [0.2, 0.25) is 0 Å². The maximum absolute atomic E-state index is 10.7. The normalized spacial score (nSPS) is 14.3. The SMILES string of the molecule is CCNC(=NCC(C)(C)c1ccccc1)NCC(C)(O)c1ccsc1.I. The minimum absolute atomic E-state index is 0. The molecule has 0 fully saturated rings. The number of aliphatic imine (C=N–C) groups is 1. The minimum Gasteiger partial charge on any atom is -0.384 e. The molecule has 1 aromatic heterocycles. The molecule has 0 spiro atoms. The first-order valence-corrected chi connectivity index (χ1v) is 9.62. The molecule has 1 unspecified atom stereocenters. The number of guanidine groups is 1. The van der Waals surface area contributed by atoms with Crippen molar-refractivity contribution in [1.29, 1.82) is 0 Å². The van der Waals surface area contributed by atoms with Crippen LogP contribution in [0.4, 0.5) is 0 Å². The maximum Gasteiger partial charge on any atom is 0.191 e. The first-order valence-electron chi connectivity index (χ1n) is 8.68. The average molecular weight is 487 g/mol. The lowest BCUT2D eigenvalue weighted by molar-refractivity contribution is 0.0621. The van der Waals surface area contributed by atoms with Crippen LogP contribution >= 0.6 is 35.3 Å². The van der Waals surface area contributed by atoms with Crippen LogP contribution in [-0.2, 0) is 11.0 Å². The summed E-state index contributed by atoms with van der Waals surface area (Å²) in [6, 6.07) is 12.4. The molecule has 0 aliphatic heterocycles. The Morgan fingerprint density at radius 3 is 2.35 bits per heavy atom. The first kappa shape index (κ1) is 22.9. The molecule has 0 saturated carbocycles. The van der Waals surface area contributed by atoms with Crippen molar-refractivity contribution < 1.29 is 5.11 Å². The smallest absolute Gasteiger partial charge is 0.191 e. The third-order valence-corrected chi connectivity index (χ3v) is 4.96. The number of hydrogen-bond donors (Lipinski definition) is 3. The number of thiophene rings is 1. The summed E-state index contributed by atoms with van der Waals surface area (Å²) in [5, 5.41) is 21.1. The lowest BCUT2D eigenvalue weighted by Gasteiger charge is -2.26. The Morgan fingerprint density at radius 1 is 1.08 bits per heavy atom. The van der Waals surface area contributed by atoms with Crippen LogP contribution < -0.4 is 10.6 Å². The molecule has 4 nitrogen and oxygen atoms in total. The van der Waals surface area contributed by atoms with Crippen LogP contribution in [-0.4, -0.2) is 30.7 Å². The second-order valence-corrected chi connectivity index (χ2v) is 7.86. The van der Waals surface area contributed by atoms with Crippen LogP contribution in [0.5, 0.6) is 0 Å². The van der Waals surface area contributed by atoms with Gasteiger partial charge in [0.15, 0.2) is 5.96 Å². The van der Waals surface area contributed by atoms with Crippen LogP contribution in [0.25, 0.3) is 0 Å². The van der Waals surface area contributed by atoms with Gasteiger partial charge in [0.05, 0.1) is 13.1 Å². The molecule has 0 radical (unpaired) electrons. The fourth-order valence-corrected chi connectivity index (χ4v) is 3.31. The van der Waals surface area contributed by atoms with Crippen LogP contribution in [0, 0.1) is 0 Å². The maximum atomic E-state index is 10.7. The van der Waals surface area contributed by atoms with Crippen molar-refractivity contribution >= 4 is 41.3 Å². The molecule has 0 aliphatic carbocycles. The monoisotopic (exact) mass is 487 g/mol. The Kier molecular flexibility index (Phi) is 9.06. The summed E-state index contributed by atoms with van der Waals surface area (Å²) in [6.07, 6.45) is 0. The average Bonchev–Trinajstić information content (AvgIpc) is 3.14. The predicted octanol–water partition coefficient (Wildman–Crippen LogP) is 4.11. The number of nitrogens with zero attached hydrogens (tertiary/aromatic N) is 1. The zero-order valence-corrected chi connectivity index (χ0v) is 19.1. The van der Waals surface area contributed by atoms with E-state index >= 15 is 0 Å². The van der Waals surface area contributed by atoms with E-state index < -0.39 is 5.60 Å². The fourth-order valence-electron chi connectivity index (χ4n) is 2.53. The van der Waals surface area contributed by atoms with Gasteiger partial charge in [0.1, 0.15) is 5.60 Å². The number of nitrogens with one attached hydrogen (secondary N) is 2. The summed E-state index contributed by atoms with van der Waals surface area (Å²) < 4.78 is 0. The van der Waals surface area contributed by atoms with Gasteiger partial charge in [-0.1, -0.05) is 44.2 Å². The van der Waals surface area contributed by atoms with Crippen molar-refractivity contribution in [3.05, 3.63) is 58.3 Å². The van der Waals surface area contributed by atoms with E-state index in [0.29, 0.717) is 13.1 Å². The van der Waals surface area contributed by atoms with Crippen LogP contribution in [0.3, 0.4) is 0 Å². The summed E-state index contributed by atoms with van der Waals surface area (Å²) in [6.45, 7) is 10.1. The highest BCUT2D eigenvalue weighted by Crippen LogP contribution is 2.23. The third kappa shape index (κ3) is 6.55. The van der Waals surface area contributed by atoms with Gasteiger partial charge in [-0.05, 0) is 41.8 Å². The summed E-state index contributed by atoms with van der Waals surface area (Å²) in [7, 11) is 0. The van der Waals surface area contributed by atoms with Crippen LogP contribution in [0.2, 0.25) is 0 Å². The Labute approximate surface area is 178 Å².